The molecule has 102 valence electrons. The van der Waals surface area contributed by atoms with E-state index in [1.807, 2.05) is 18.2 Å². The molecule has 0 spiro atoms. The average Bonchev–Trinajstić information content (AvgIpc) is 2.33. The van der Waals surface area contributed by atoms with Crippen LogP contribution in [-0.2, 0) is 9.59 Å². The number of likely N-dealkylation sites (N-methyl/N-ethyl adjacent to an activating group) is 1. The molecule has 0 saturated heterocycles. The van der Waals surface area contributed by atoms with Gasteiger partial charge in [-0.3, -0.25) is 9.59 Å². The molecule has 1 unspecified atom stereocenters. The van der Waals surface area contributed by atoms with Crippen molar-refractivity contribution in [2.45, 2.75) is 32.2 Å². The van der Waals surface area contributed by atoms with Crippen LogP contribution in [0, 0.1) is 0 Å². The molecule has 1 heterocycles. The lowest BCUT2D eigenvalue weighted by Gasteiger charge is -2.36. The number of amides is 1. The van der Waals surface area contributed by atoms with Crippen LogP contribution < -0.4 is 10.2 Å². The van der Waals surface area contributed by atoms with Gasteiger partial charge in [-0.25, -0.2) is 0 Å². The highest BCUT2D eigenvalue weighted by atomic mass is 16.4. The molecule has 0 bridgehead atoms. The van der Waals surface area contributed by atoms with Crippen LogP contribution in [0.5, 0.6) is 0 Å². The molecule has 1 aromatic rings. The Labute approximate surface area is 112 Å². The van der Waals surface area contributed by atoms with E-state index >= 15 is 0 Å². The molecule has 5 nitrogen and oxygen atoms in total. The fourth-order valence-electron chi connectivity index (χ4n) is 2.46. The second-order valence-corrected chi connectivity index (χ2v) is 5.11. The smallest absolute Gasteiger partial charge is 0.305 e. The molecule has 2 rings (SSSR count). The first-order valence-corrected chi connectivity index (χ1v) is 6.30. The number of carbonyl (C=O) groups excluding carboxylic acids is 1. The van der Waals surface area contributed by atoms with Gasteiger partial charge in [0.25, 0.3) is 0 Å². The van der Waals surface area contributed by atoms with Gasteiger partial charge in [0.1, 0.15) is 6.04 Å². The Morgan fingerprint density at radius 2 is 2.16 bits per heavy atom. The largest absolute Gasteiger partial charge is 0.481 e. The Bertz CT molecular complexity index is 525. The van der Waals surface area contributed by atoms with E-state index in [4.69, 9.17) is 5.11 Å². The van der Waals surface area contributed by atoms with Crippen LogP contribution in [0.3, 0.4) is 0 Å². The van der Waals surface area contributed by atoms with Gasteiger partial charge in [-0.1, -0.05) is 26.0 Å². The van der Waals surface area contributed by atoms with Crippen molar-refractivity contribution in [3.8, 4) is 0 Å². The van der Waals surface area contributed by atoms with E-state index < -0.39 is 12.0 Å². The lowest BCUT2D eigenvalue weighted by molar-refractivity contribution is -0.138. The van der Waals surface area contributed by atoms with Gasteiger partial charge in [0.05, 0.1) is 17.8 Å². The normalized spacial score (nSPS) is 18.2. The molecule has 0 fully saturated rings. The van der Waals surface area contributed by atoms with E-state index in [1.54, 1.807) is 11.9 Å². The molecule has 19 heavy (non-hydrogen) atoms. The van der Waals surface area contributed by atoms with Crippen LogP contribution in [0.25, 0.3) is 0 Å². The first-order valence-electron chi connectivity index (χ1n) is 6.30. The van der Waals surface area contributed by atoms with Crippen LogP contribution >= 0.6 is 0 Å². The SMILES string of the molecule is CC(C)c1cccc2c1N(C)C(CC(=O)O)C(=O)N2. The van der Waals surface area contributed by atoms with Crippen LogP contribution in [0.15, 0.2) is 18.2 Å². The number of rotatable bonds is 3. The van der Waals surface area contributed by atoms with Gasteiger partial charge in [0, 0.05) is 7.05 Å². The third-order valence-corrected chi connectivity index (χ3v) is 3.44. The van der Waals surface area contributed by atoms with Gasteiger partial charge in [-0.15, -0.1) is 0 Å². The first-order chi connectivity index (χ1) is 8.91. The highest BCUT2D eigenvalue weighted by Gasteiger charge is 2.33. The van der Waals surface area contributed by atoms with Gasteiger partial charge in [-0.05, 0) is 17.5 Å². The van der Waals surface area contributed by atoms with Crippen molar-refractivity contribution in [2.75, 3.05) is 17.3 Å². The van der Waals surface area contributed by atoms with Crippen molar-refractivity contribution in [3.63, 3.8) is 0 Å². The van der Waals surface area contributed by atoms with Crippen LogP contribution in [0.1, 0.15) is 31.7 Å². The number of fused-ring (bicyclic) bond motifs is 1. The molecule has 1 amide bonds. The number of carboxylic acids is 1. The Hall–Kier alpha value is -2.04. The molecular weight excluding hydrogens is 244 g/mol. The van der Waals surface area contributed by atoms with Crippen molar-refractivity contribution in [1.82, 2.24) is 0 Å². The molecule has 1 aromatic carbocycles. The number of carbonyl (C=O) groups is 2. The van der Waals surface area contributed by atoms with Gasteiger partial charge < -0.3 is 15.3 Å². The zero-order valence-electron chi connectivity index (χ0n) is 11.3. The predicted octanol–water partition coefficient (Wildman–Crippen LogP) is 2.04. The Kier molecular flexibility index (Phi) is 3.46. The Morgan fingerprint density at radius 3 is 2.74 bits per heavy atom. The average molecular weight is 262 g/mol. The highest BCUT2D eigenvalue weighted by Crippen LogP contribution is 2.38. The van der Waals surface area contributed by atoms with E-state index in [1.165, 1.54) is 0 Å². The molecule has 5 heteroatoms. The fourth-order valence-corrected chi connectivity index (χ4v) is 2.46. The lowest BCUT2D eigenvalue weighted by atomic mass is 9.96. The van der Waals surface area contributed by atoms with Crippen LogP contribution in [0.2, 0.25) is 0 Å². The standard InChI is InChI=1S/C14H18N2O3/c1-8(2)9-5-4-6-10-13(9)16(3)11(7-12(17)18)14(19)15-10/h4-6,8,11H,7H2,1-3H3,(H,15,19)(H,17,18). The molecule has 1 atom stereocenters. The maximum absolute atomic E-state index is 12.0. The van der Waals surface area contributed by atoms with Crippen LogP contribution in [0.4, 0.5) is 11.4 Å². The number of hydrogen-bond acceptors (Lipinski definition) is 3. The lowest BCUT2D eigenvalue weighted by Crippen LogP contribution is -2.47. The quantitative estimate of drug-likeness (QED) is 0.874. The van der Waals surface area contributed by atoms with Gasteiger partial charge in [0.2, 0.25) is 5.91 Å². The fraction of sp³-hybridized carbons (Fsp3) is 0.429. The molecule has 0 saturated carbocycles. The summed E-state index contributed by atoms with van der Waals surface area (Å²) in [7, 11) is 1.77. The summed E-state index contributed by atoms with van der Waals surface area (Å²) in [6.07, 6.45) is -0.200. The molecule has 1 aliphatic heterocycles. The molecule has 0 aromatic heterocycles. The number of carboxylic acid groups (broad SMARTS) is 1. The first kappa shape index (κ1) is 13.4. The van der Waals surface area contributed by atoms with Crippen molar-refractivity contribution < 1.29 is 14.7 Å². The van der Waals surface area contributed by atoms with E-state index in [0.29, 0.717) is 5.92 Å². The van der Waals surface area contributed by atoms with Gasteiger partial charge in [-0.2, -0.15) is 0 Å². The van der Waals surface area contributed by atoms with E-state index in [0.717, 1.165) is 16.9 Å². The summed E-state index contributed by atoms with van der Waals surface area (Å²) in [4.78, 5) is 24.6. The minimum absolute atomic E-state index is 0.200. The van der Waals surface area contributed by atoms with E-state index in [-0.39, 0.29) is 12.3 Å². The second-order valence-electron chi connectivity index (χ2n) is 5.11. The molecular formula is C14H18N2O3. The number of para-hydroxylation sites is 1. The topological polar surface area (TPSA) is 69.6 Å². The molecule has 1 aliphatic rings. The number of aliphatic carboxylic acids is 1. The number of benzene rings is 1. The number of nitrogens with one attached hydrogen (secondary N) is 1. The van der Waals surface area contributed by atoms with Crippen molar-refractivity contribution in [3.05, 3.63) is 23.8 Å². The number of anilines is 2. The van der Waals surface area contributed by atoms with E-state index in [9.17, 15) is 9.59 Å². The summed E-state index contributed by atoms with van der Waals surface area (Å²) < 4.78 is 0. The zero-order chi connectivity index (χ0) is 14.2. The molecule has 2 N–H and O–H groups in total. The molecule has 0 radical (unpaired) electrons. The van der Waals surface area contributed by atoms with Crippen molar-refractivity contribution >= 4 is 23.3 Å². The third-order valence-electron chi connectivity index (χ3n) is 3.44. The minimum atomic E-state index is -0.975. The minimum Gasteiger partial charge on any atom is -0.481 e. The Balaban J connectivity index is 2.47. The van der Waals surface area contributed by atoms with E-state index in [2.05, 4.69) is 19.2 Å². The van der Waals surface area contributed by atoms with Crippen molar-refractivity contribution in [2.24, 2.45) is 0 Å². The molecule has 0 aliphatic carbocycles. The van der Waals surface area contributed by atoms with Crippen molar-refractivity contribution in [1.29, 1.82) is 0 Å². The maximum atomic E-state index is 12.0. The number of nitrogens with zero attached hydrogens (tertiary/aromatic N) is 1. The summed E-state index contributed by atoms with van der Waals surface area (Å²) in [5, 5.41) is 11.7. The maximum Gasteiger partial charge on any atom is 0.305 e. The summed E-state index contributed by atoms with van der Waals surface area (Å²) in [5.41, 5.74) is 2.78. The second kappa shape index (κ2) is 4.91. The summed E-state index contributed by atoms with van der Waals surface area (Å²) in [5.74, 6) is -0.936. The summed E-state index contributed by atoms with van der Waals surface area (Å²) in [6.45, 7) is 4.15. The predicted molar refractivity (Wildman–Crippen MR) is 73.6 cm³/mol. The summed E-state index contributed by atoms with van der Waals surface area (Å²) >= 11 is 0. The van der Waals surface area contributed by atoms with Gasteiger partial charge in [0.15, 0.2) is 0 Å². The van der Waals surface area contributed by atoms with Gasteiger partial charge >= 0.3 is 5.97 Å². The summed E-state index contributed by atoms with van der Waals surface area (Å²) in [6, 6.07) is 5.09. The Morgan fingerprint density at radius 1 is 1.47 bits per heavy atom. The monoisotopic (exact) mass is 262 g/mol. The zero-order valence-corrected chi connectivity index (χ0v) is 11.3. The third kappa shape index (κ3) is 2.41. The van der Waals surface area contributed by atoms with Crippen LogP contribution in [-0.4, -0.2) is 30.1 Å². The highest BCUT2D eigenvalue weighted by molar-refractivity contribution is 6.05. The number of hydrogen-bond donors (Lipinski definition) is 2.